The highest BCUT2D eigenvalue weighted by molar-refractivity contribution is 5.25. The largest absolute Gasteiger partial charge is 0.0891 e. The van der Waals surface area contributed by atoms with Crippen molar-refractivity contribution in [3.05, 3.63) is 41.8 Å². The fourth-order valence-electron chi connectivity index (χ4n) is 1.77. The molecule has 0 aromatic heterocycles. The fourth-order valence-corrected chi connectivity index (χ4v) is 1.77. The van der Waals surface area contributed by atoms with Crippen molar-refractivity contribution in [3.8, 4) is 5.92 Å². The van der Waals surface area contributed by atoms with E-state index in [1.165, 1.54) is 36.8 Å². The highest BCUT2D eigenvalue weighted by atomic mass is 14.0. The van der Waals surface area contributed by atoms with Gasteiger partial charge in [0, 0.05) is 6.42 Å². The van der Waals surface area contributed by atoms with Gasteiger partial charge < -0.3 is 0 Å². The van der Waals surface area contributed by atoms with E-state index in [1.54, 1.807) is 0 Å². The van der Waals surface area contributed by atoms with Gasteiger partial charge in [0.15, 0.2) is 0 Å². The summed E-state index contributed by atoms with van der Waals surface area (Å²) in [6.07, 6.45) is 13.7. The second-order valence-corrected chi connectivity index (χ2v) is 4.02. The highest BCUT2D eigenvalue weighted by Crippen LogP contribution is 2.12. The third-order valence-electron chi connectivity index (χ3n) is 2.76. The zero-order valence-electron chi connectivity index (χ0n) is 9.55. The maximum absolute atomic E-state index is 6.80. The first-order valence-electron chi connectivity index (χ1n) is 5.78. The summed E-state index contributed by atoms with van der Waals surface area (Å²) in [4.78, 5) is 0. The molecule has 1 aromatic rings. The van der Waals surface area contributed by atoms with Gasteiger partial charge in [0.2, 0.25) is 0 Å². The fraction of sp³-hybridized carbons (Fsp3) is 0.467. The van der Waals surface area contributed by atoms with Gasteiger partial charge in [0.25, 0.3) is 0 Å². The average Bonchev–Trinajstić information content (AvgIpc) is 2.25. The van der Waals surface area contributed by atoms with E-state index in [2.05, 4.69) is 37.1 Å². The third-order valence-corrected chi connectivity index (χ3v) is 2.76. The molecule has 0 unspecified atom stereocenters. The molecule has 0 nitrogen and oxygen atoms in total. The first kappa shape index (κ1) is 11.9. The zero-order chi connectivity index (χ0) is 10.9. The zero-order valence-corrected chi connectivity index (χ0v) is 9.55. The van der Waals surface area contributed by atoms with E-state index in [4.69, 9.17) is 6.42 Å². The molecule has 0 heteroatoms. The lowest BCUT2D eigenvalue weighted by molar-refractivity contribution is 0.649. The molecular weight excluding hydrogens is 180 g/mol. The van der Waals surface area contributed by atoms with E-state index in [0.717, 1.165) is 12.8 Å². The Bertz CT molecular complexity index is 317. The maximum atomic E-state index is 6.80. The number of benzene rings is 1. The number of hydrogen-bond acceptors (Lipinski definition) is 0. The number of rotatable bonds is 6. The Morgan fingerprint density at radius 2 is 1.80 bits per heavy atom. The van der Waals surface area contributed by atoms with E-state index in [0.29, 0.717) is 0 Å². The molecule has 0 aliphatic carbocycles. The standard InChI is InChI=1S/C15H19/c1-3-4-5-6-7-8-12-15-13-10-9-11-14(15)2/h9-11,13H,4-8,12H2,2H3. The van der Waals surface area contributed by atoms with Crippen molar-refractivity contribution < 1.29 is 0 Å². The van der Waals surface area contributed by atoms with Gasteiger partial charge in [0.05, 0.1) is 0 Å². The average molecular weight is 199 g/mol. The first-order chi connectivity index (χ1) is 7.34. The van der Waals surface area contributed by atoms with Crippen LogP contribution in [0.2, 0.25) is 0 Å². The molecular formula is C15H19. The Hall–Kier alpha value is -1.22. The van der Waals surface area contributed by atoms with Crippen molar-refractivity contribution in [3.63, 3.8) is 0 Å². The van der Waals surface area contributed by atoms with Crippen molar-refractivity contribution in [1.82, 2.24) is 0 Å². The molecule has 0 aliphatic rings. The minimum absolute atomic E-state index is 0.824. The molecule has 0 aliphatic heterocycles. The molecule has 0 N–H and O–H groups in total. The Balaban J connectivity index is 2.16. The van der Waals surface area contributed by atoms with Crippen LogP contribution in [0.1, 0.15) is 43.2 Å². The normalized spacial score (nSPS) is 9.87. The number of hydrogen-bond donors (Lipinski definition) is 0. The topological polar surface area (TPSA) is 0 Å². The minimum Gasteiger partial charge on any atom is -0.0891 e. The summed E-state index contributed by atoms with van der Waals surface area (Å²) < 4.78 is 0. The van der Waals surface area contributed by atoms with Crippen LogP contribution >= 0.6 is 0 Å². The smallest absolute Gasteiger partial charge is 0.00989 e. The molecule has 0 saturated carbocycles. The Morgan fingerprint density at radius 1 is 1.07 bits per heavy atom. The lowest BCUT2D eigenvalue weighted by Crippen LogP contribution is -1.89. The summed E-state index contributed by atoms with van der Waals surface area (Å²) in [6.45, 7) is 2.18. The van der Waals surface area contributed by atoms with Gasteiger partial charge in [-0.1, -0.05) is 43.0 Å². The summed E-state index contributed by atoms with van der Waals surface area (Å²) in [5.74, 6) is 2.44. The van der Waals surface area contributed by atoms with Gasteiger partial charge >= 0.3 is 0 Å². The molecule has 0 spiro atoms. The van der Waals surface area contributed by atoms with E-state index in [1.807, 2.05) is 0 Å². The second-order valence-electron chi connectivity index (χ2n) is 4.02. The predicted octanol–water partition coefficient (Wildman–Crippen LogP) is 4.08. The van der Waals surface area contributed by atoms with Crippen LogP contribution in [0, 0.1) is 19.3 Å². The monoisotopic (exact) mass is 199 g/mol. The summed E-state index contributed by atoms with van der Waals surface area (Å²) in [6, 6.07) is 8.62. The number of unbranched alkanes of at least 4 members (excludes halogenated alkanes) is 4. The summed E-state index contributed by atoms with van der Waals surface area (Å²) in [5.41, 5.74) is 2.89. The van der Waals surface area contributed by atoms with Gasteiger partial charge in [-0.25, -0.2) is 0 Å². The van der Waals surface area contributed by atoms with Gasteiger partial charge in [-0.05, 0) is 43.7 Å². The van der Waals surface area contributed by atoms with E-state index >= 15 is 0 Å². The highest BCUT2D eigenvalue weighted by Gasteiger charge is 1.96. The van der Waals surface area contributed by atoms with Gasteiger partial charge in [-0.15, -0.1) is 0 Å². The van der Waals surface area contributed by atoms with Crippen LogP contribution in [-0.2, 0) is 6.42 Å². The molecule has 0 heterocycles. The second kappa shape index (κ2) is 7.12. The molecule has 0 amide bonds. The molecule has 0 fully saturated rings. The van der Waals surface area contributed by atoms with Crippen molar-refractivity contribution in [1.29, 1.82) is 0 Å². The minimum atomic E-state index is 0.824. The molecule has 0 atom stereocenters. The third kappa shape index (κ3) is 4.70. The van der Waals surface area contributed by atoms with Gasteiger partial charge in [-0.2, -0.15) is 0 Å². The van der Waals surface area contributed by atoms with Crippen LogP contribution in [0.15, 0.2) is 24.3 Å². The van der Waals surface area contributed by atoms with Gasteiger partial charge in [0.1, 0.15) is 0 Å². The Morgan fingerprint density at radius 3 is 2.53 bits per heavy atom. The maximum Gasteiger partial charge on any atom is 0.00989 e. The quantitative estimate of drug-likeness (QED) is 0.478. The first-order valence-corrected chi connectivity index (χ1v) is 5.78. The predicted molar refractivity (Wildman–Crippen MR) is 65.1 cm³/mol. The molecule has 15 heavy (non-hydrogen) atoms. The van der Waals surface area contributed by atoms with Crippen LogP contribution < -0.4 is 0 Å². The number of aryl methyl sites for hydroxylation is 2. The summed E-state index contributed by atoms with van der Waals surface area (Å²) >= 11 is 0. The molecule has 1 aromatic carbocycles. The Labute approximate surface area is 93.7 Å². The molecule has 79 valence electrons. The van der Waals surface area contributed by atoms with Crippen LogP contribution in [0.25, 0.3) is 0 Å². The van der Waals surface area contributed by atoms with E-state index < -0.39 is 0 Å². The molecule has 1 radical (unpaired) electrons. The van der Waals surface area contributed by atoms with Crippen molar-refractivity contribution in [2.45, 2.75) is 45.4 Å². The lowest BCUT2D eigenvalue weighted by atomic mass is 10.0. The van der Waals surface area contributed by atoms with Crippen LogP contribution in [0.3, 0.4) is 0 Å². The molecule has 1 rings (SSSR count). The van der Waals surface area contributed by atoms with Crippen LogP contribution in [0.5, 0.6) is 0 Å². The summed E-state index contributed by atoms with van der Waals surface area (Å²) in [7, 11) is 0. The van der Waals surface area contributed by atoms with Crippen molar-refractivity contribution >= 4 is 0 Å². The van der Waals surface area contributed by atoms with Crippen LogP contribution in [0.4, 0.5) is 0 Å². The van der Waals surface area contributed by atoms with Gasteiger partial charge in [-0.3, -0.25) is 0 Å². The van der Waals surface area contributed by atoms with Crippen molar-refractivity contribution in [2.24, 2.45) is 0 Å². The molecule has 0 bridgehead atoms. The SMILES string of the molecule is [C]#CCCCCCCc1ccccc1C. The van der Waals surface area contributed by atoms with Crippen LogP contribution in [-0.4, -0.2) is 0 Å². The van der Waals surface area contributed by atoms with E-state index in [9.17, 15) is 0 Å². The molecule has 0 saturated heterocycles. The van der Waals surface area contributed by atoms with E-state index in [-0.39, 0.29) is 0 Å². The summed E-state index contributed by atoms with van der Waals surface area (Å²) in [5, 5.41) is 0. The van der Waals surface area contributed by atoms with Crippen molar-refractivity contribution in [2.75, 3.05) is 0 Å². The lowest BCUT2D eigenvalue weighted by Gasteiger charge is -2.04. The Kier molecular flexibility index (Phi) is 5.63.